The summed E-state index contributed by atoms with van der Waals surface area (Å²) >= 11 is 0. The van der Waals surface area contributed by atoms with Crippen molar-refractivity contribution in [1.82, 2.24) is 69.4 Å². The van der Waals surface area contributed by atoms with Crippen molar-refractivity contribution < 1.29 is 61.8 Å². The van der Waals surface area contributed by atoms with Crippen LogP contribution in [0.2, 0.25) is 0 Å². The van der Waals surface area contributed by atoms with Gasteiger partial charge in [0.15, 0.2) is 17.1 Å². The predicted molar refractivity (Wildman–Crippen MR) is 482 cm³/mol. The highest BCUT2D eigenvalue weighted by atomic mass is 19.1. The Bertz CT molecular complexity index is 5830. The number of carboxylic acids is 1. The highest BCUT2D eigenvalue weighted by Crippen LogP contribution is 2.40. The summed E-state index contributed by atoms with van der Waals surface area (Å²) in [5.41, 5.74) is 14.7. The summed E-state index contributed by atoms with van der Waals surface area (Å²) in [4.78, 5) is 157. The molecule has 8 aliphatic rings. The zero-order valence-electron chi connectivity index (χ0n) is 72.1. The summed E-state index contributed by atoms with van der Waals surface area (Å²) in [5.74, 6) is -1.29. The number of ketones is 2. The number of nitrogens with two attached hydrogens (primary N) is 1. The number of benzene rings is 4. The predicted octanol–water partition coefficient (Wildman–Crippen LogP) is 10.7. The lowest BCUT2D eigenvalue weighted by molar-refractivity contribution is -0.139. The molecule has 129 heavy (non-hydrogen) atoms. The lowest BCUT2D eigenvalue weighted by atomic mass is 9.92. The molecule has 10 aromatic rings. The van der Waals surface area contributed by atoms with Crippen molar-refractivity contribution in [1.29, 1.82) is 0 Å². The summed E-state index contributed by atoms with van der Waals surface area (Å²) in [7, 11) is 0. The molecule has 6 aromatic heterocycles. The summed E-state index contributed by atoms with van der Waals surface area (Å²) in [5, 5.41) is 30.9. The minimum absolute atomic E-state index is 0.0338. The second kappa shape index (κ2) is 41.2. The molecule has 32 nitrogen and oxygen atoms in total. The van der Waals surface area contributed by atoms with E-state index in [4.69, 9.17) is 31.0 Å². The average Bonchev–Trinajstić information content (AvgIpc) is 1.45. The number of aromatic nitrogens is 8. The standard InChI is InChI=1S/C48H53FN10O5.C27H28FN7O2.C20H26N4O4/c49-33-10-6-9-32(27-33)39-12-8-22-57(39)45-19-18-43-52-30-41(59(43)54-45)38-11-7-13-44(53-38)56-25-23-55(24-26-56)31-46(62)51-21-5-3-1-2-4-20-50-34-14-16-36-37(28-34)48(64)58(47(36)63)40-17-15-35(60)29-42(40)61;28-20-5-1-4-19(16-20)22-7-3-11-34(22)26-10-9-24-29-17-23(35(24)31-26)21-6-2-8-25(30-21)33-14-12-32(13-15-33)18-27(36)37;21-10-4-2-1-3-5-11-22-13-6-7-14-15(12-13)20(28)24(19(14)27)16-8-9-17(25)23-18(16)26/h6-7,9-11,13-14,16,18-19,27-28,30,39-40,50H,1-5,8,12,15,17,20-26,29,31H2,(H,51,62);1-2,4-6,8-10,16-17,22H,3,7,11-15,18H2,(H,36,37);6-7,12,16,22H,1-5,8-11,21H2,(H,23,25,26)/t;22-;/m.1./s1. The van der Waals surface area contributed by atoms with Gasteiger partial charge in [-0.15, -0.1) is 10.2 Å². The number of imidazole rings is 2. The summed E-state index contributed by atoms with van der Waals surface area (Å²) in [6, 6.07) is 41.9. The number of anilines is 6. The first-order valence-electron chi connectivity index (χ1n) is 45.0. The van der Waals surface area contributed by atoms with E-state index >= 15 is 0 Å². The molecule has 18 rings (SSSR count). The normalized spacial score (nSPS) is 19.0. The van der Waals surface area contributed by atoms with E-state index in [2.05, 4.69) is 55.7 Å². The van der Waals surface area contributed by atoms with E-state index in [0.717, 1.165) is 245 Å². The Kier molecular flexibility index (Phi) is 28.4. The number of aliphatic carboxylic acids is 1. The molecular formula is C95H107F2N21O11. The number of fused-ring (bicyclic) bond motifs is 4. The van der Waals surface area contributed by atoms with Crippen molar-refractivity contribution >= 4 is 105 Å². The Morgan fingerprint density at radius 1 is 0.457 bits per heavy atom. The third-order valence-corrected chi connectivity index (χ3v) is 25.2. The molecule has 13 heterocycles. The molecule has 672 valence electrons. The lowest BCUT2D eigenvalue weighted by Gasteiger charge is -2.35. The monoisotopic (exact) mass is 1760 g/mol. The molecule has 4 aromatic carbocycles. The van der Waals surface area contributed by atoms with Crippen LogP contribution in [0, 0.1) is 11.6 Å². The second-order valence-electron chi connectivity index (χ2n) is 33.9. The van der Waals surface area contributed by atoms with E-state index in [1.807, 2.05) is 86.7 Å². The molecule has 0 spiro atoms. The maximum absolute atomic E-state index is 14.1. The van der Waals surface area contributed by atoms with Gasteiger partial charge in [-0.1, -0.05) is 74.9 Å². The molecule has 7 aliphatic heterocycles. The van der Waals surface area contributed by atoms with Gasteiger partial charge in [0.25, 0.3) is 23.6 Å². The fourth-order valence-electron chi connectivity index (χ4n) is 18.4. The number of hydrogen-bond acceptors (Lipinski definition) is 25. The van der Waals surface area contributed by atoms with Gasteiger partial charge in [-0.2, -0.15) is 0 Å². The van der Waals surface area contributed by atoms with E-state index in [1.165, 1.54) is 12.1 Å². The van der Waals surface area contributed by atoms with Crippen LogP contribution in [0.1, 0.15) is 187 Å². The molecule has 34 heteroatoms. The summed E-state index contributed by atoms with van der Waals surface area (Å²) in [6.07, 6.45) is 18.3. The molecule has 3 unspecified atom stereocenters. The third-order valence-electron chi connectivity index (χ3n) is 25.2. The van der Waals surface area contributed by atoms with Crippen LogP contribution in [-0.4, -0.2) is 240 Å². The average molecular weight is 1760 g/mol. The molecule has 5 saturated heterocycles. The number of piperazine rings is 2. The number of imide groups is 3. The minimum Gasteiger partial charge on any atom is -0.480 e. The number of Topliss-reactive ketones (excluding diaryl/α,β-unsaturated/α-hetero) is 2. The Labute approximate surface area is 745 Å². The van der Waals surface area contributed by atoms with Crippen molar-refractivity contribution in [2.24, 2.45) is 5.73 Å². The van der Waals surface area contributed by atoms with E-state index in [1.54, 1.807) is 73.1 Å². The van der Waals surface area contributed by atoms with Crippen molar-refractivity contribution in [2.45, 2.75) is 146 Å². The third kappa shape index (κ3) is 20.9. The van der Waals surface area contributed by atoms with Gasteiger partial charge < -0.3 is 46.4 Å². The molecule has 7 N–H and O–H groups in total. The number of amides is 7. The van der Waals surface area contributed by atoms with Crippen molar-refractivity contribution in [3.63, 3.8) is 0 Å². The fraction of sp³-hybridized carbons (Fsp3) is 0.411. The molecule has 0 bridgehead atoms. The van der Waals surface area contributed by atoms with Crippen LogP contribution in [-0.2, 0) is 28.8 Å². The van der Waals surface area contributed by atoms with Gasteiger partial charge in [0, 0.05) is 109 Å². The van der Waals surface area contributed by atoms with Gasteiger partial charge in [0.1, 0.15) is 58.1 Å². The quantitative estimate of drug-likeness (QED) is 0.0133. The maximum atomic E-state index is 14.1. The minimum atomic E-state index is -0.935. The largest absolute Gasteiger partial charge is 0.480 e. The first kappa shape index (κ1) is 89.1. The number of pyridine rings is 2. The van der Waals surface area contributed by atoms with Crippen molar-refractivity contribution in [3.8, 4) is 22.8 Å². The molecule has 0 radical (unpaired) electrons. The van der Waals surface area contributed by atoms with Crippen LogP contribution < -0.4 is 46.6 Å². The van der Waals surface area contributed by atoms with Crippen LogP contribution in [0.5, 0.6) is 0 Å². The second-order valence-corrected chi connectivity index (χ2v) is 33.9. The van der Waals surface area contributed by atoms with Crippen LogP contribution in [0.4, 0.5) is 43.4 Å². The fourth-order valence-corrected chi connectivity index (χ4v) is 18.4. The van der Waals surface area contributed by atoms with Crippen LogP contribution >= 0.6 is 0 Å². The Hall–Kier alpha value is -13.3. The summed E-state index contributed by atoms with van der Waals surface area (Å²) in [6.45, 7) is 10.8. The SMILES string of the molecule is NCCCCCCCNc1ccc2c(c1)C(=O)N(C1CCC(=O)NC1=O)C2=O.O=C(O)CN1CCN(c2cccc(-c3cnc4ccc(N5CCC[C@@H]5c5cccc(F)c5)nn34)n2)CC1.O=C1CCC(N2C(=O)c3ccc(NCCCCCCCNC(=O)CN4CCN(c5cccc(-c6cnc7ccc(N8CCCC8c8cccc(F)c8)nn67)n5)CC4)cc3C2=O)C(=O)C1. The molecule has 1 aliphatic carbocycles. The smallest absolute Gasteiger partial charge is 0.317 e. The zero-order chi connectivity index (χ0) is 89.6. The van der Waals surface area contributed by atoms with Gasteiger partial charge in [-0.3, -0.25) is 72.9 Å². The highest BCUT2D eigenvalue weighted by Gasteiger charge is 2.47. The topological polar surface area (TPSA) is 377 Å². The number of nitrogens with zero attached hydrogens (tertiary/aromatic N) is 16. The van der Waals surface area contributed by atoms with E-state index < -0.39 is 47.6 Å². The number of carbonyl (C=O) groups excluding carboxylic acids is 9. The number of hydrogen-bond donors (Lipinski definition) is 6. The molecule has 7 amide bonds. The maximum Gasteiger partial charge on any atom is 0.317 e. The number of nitrogens with one attached hydrogen (secondary N) is 4. The molecule has 1 saturated carbocycles. The van der Waals surface area contributed by atoms with Gasteiger partial charge in [0.05, 0.1) is 83.7 Å². The van der Waals surface area contributed by atoms with Crippen molar-refractivity contribution in [2.75, 3.05) is 135 Å². The number of piperidine rings is 1. The molecular weight excluding hydrogens is 1650 g/mol. The molecule has 6 fully saturated rings. The lowest BCUT2D eigenvalue weighted by Crippen LogP contribution is -2.54. The number of carbonyl (C=O) groups is 10. The van der Waals surface area contributed by atoms with Crippen LogP contribution in [0.15, 0.2) is 158 Å². The van der Waals surface area contributed by atoms with Crippen molar-refractivity contribution in [3.05, 3.63) is 203 Å². The number of halogens is 2. The van der Waals surface area contributed by atoms with Gasteiger partial charge in [-0.25, -0.2) is 37.7 Å². The van der Waals surface area contributed by atoms with E-state index in [-0.39, 0.29) is 96.9 Å². The Balaban J connectivity index is 0.000000158. The van der Waals surface area contributed by atoms with E-state index in [0.29, 0.717) is 43.9 Å². The van der Waals surface area contributed by atoms with Gasteiger partial charge in [0.2, 0.25) is 17.7 Å². The highest BCUT2D eigenvalue weighted by molar-refractivity contribution is 6.25. The first-order chi connectivity index (χ1) is 62.8. The van der Waals surface area contributed by atoms with Gasteiger partial charge >= 0.3 is 5.97 Å². The number of carboxylic acid groups (broad SMARTS) is 1. The first-order valence-corrected chi connectivity index (χ1v) is 45.0. The Morgan fingerprint density at radius 3 is 1.41 bits per heavy atom. The van der Waals surface area contributed by atoms with Crippen LogP contribution in [0.25, 0.3) is 34.1 Å². The van der Waals surface area contributed by atoms with Crippen LogP contribution in [0.3, 0.4) is 0 Å². The number of rotatable bonds is 31. The number of unbranched alkanes of at least 4 members (excludes halogenated alkanes) is 8. The van der Waals surface area contributed by atoms with Gasteiger partial charge in [-0.05, 0) is 191 Å². The summed E-state index contributed by atoms with van der Waals surface area (Å²) < 4.78 is 31.7. The Morgan fingerprint density at radius 2 is 0.922 bits per heavy atom. The van der Waals surface area contributed by atoms with E-state index in [9.17, 15) is 56.7 Å². The molecule has 4 atom stereocenters. The zero-order valence-corrected chi connectivity index (χ0v) is 72.1.